The average molecular weight is 425 g/mol. The van der Waals surface area contributed by atoms with Crippen LogP contribution in [0.5, 0.6) is 5.75 Å². The molecule has 0 atom stereocenters. The monoisotopic (exact) mass is 424 g/mol. The highest BCUT2D eigenvalue weighted by molar-refractivity contribution is 6.30. The minimum atomic E-state index is -0.155. The summed E-state index contributed by atoms with van der Waals surface area (Å²) in [6.45, 7) is 1.84. The van der Waals surface area contributed by atoms with Gasteiger partial charge < -0.3 is 14.6 Å². The molecule has 0 aliphatic carbocycles. The zero-order chi connectivity index (χ0) is 20.8. The van der Waals surface area contributed by atoms with Crippen LogP contribution in [0.3, 0.4) is 0 Å². The van der Waals surface area contributed by atoms with Gasteiger partial charge in [-0.3, -0.25) is 4.79 Å². The van der Waals surface area contributed by atoms with Crippen molar-refractivity contribution in [3.8, 4) is 5.75 Å². The number of aromatic nitrogens is 3. The zero-order valence-electron chi connectivity index (χ0n) is 16.8. The van der Waals surface area contributed by atoms with E-state index in [0.29, 0.717) is 35.9 Å². The second-order valence-electron chi connectivity index (χ2n) is 7.41. The van der Waals surface area contributed by atoms with Crippen molar-refractivity contribution in [1.82, 2.24) is 20.1 Å². The predicted molar refractivity (Wildman–Crippen MR) is 116 cm³/mol. The number of para-hydroxylation sites is 1. The van der Waals surface area contributed by atoms with Gasteiger partial charge in [0.15, 0.2) is 0 Å². The summed E-state index contributed by atoms with van der Waals surface area (Å²) in [7, 11) is 0. The molecule has 7 heteroatoms. The standard InChI is InChI=1S/C23H25ClN4O2/c24-18-11-9-17(10-12-18)16-30-20-7-4-3-6-19(20)23(29)25-14-13-22-27-26-21-8-2-1-5-15-28(21)22/h3-4,6-7,9-12H,1-2,5,8,13-16H2,(H,25,29). The van der Waals surface area contributed by atoms with Crippen molar-refractivity contribution in [3.05, 3.63) is 76.3 Å². The number of nitrogens with one attached hydrogen (secondary N) is 1. The molecule has 1 amide bonds. The number of halogens is 1. The van der Waals surface area contributed by atoms with Crippen molar-refractivity contribution >= 4 is 17.5 Å². The molecule has 1 N–H and O–H groups in total. The van der Waals surface area contributed by atoms with Crippen LogP contribution in [0.1, 0.15) is 46.8 Å². The molecule has 1 aromatic heterocycles. The summed E-state index contributed by atoms with van der Waals surface area (Å²) in [5.41, 5.74) is 1.51. The summed E-state index contributed by atoms with van der Waals surface area (Å²) in [5.74, 6) is 2.41. The largest absolute Gasteiger partial charge is 0.488 e. The molecule has 0 fully saturated rings. The molecule has 2 aromatic carbocycles. The van der Waals surface area contributed by atoms with E-state index in [1.54, 1.807) is 6.07 Å². The van der Waals surface area contributed by atoms with E-state index in [0.717, 1.165) is 36.6 Å². The van der Waals surface area contributed by atoms with Crippen LogP contribution >= 0.6 is 11.6 Å². The highest BCUT2D eigenvalue weighted by Crippen LogP contribution is 2.20. The number of aryl methyl sites for hydroxylation is 1. The van der Waals surface area contributed by atoms with E-state index in [-0.39, 0.29) is 5.91 Å². The van der Waals surface area contributed by atoms with Crippen molar-refractivity contribution in [3.63, 3.8) is 0 Å². The first-order valence-electron chi connectivity index (χ1n) is 10.4. The van der Waals surface area contributed by atoms with E-state index in [1.807, 2.05) is 42.5 Å². The summed E-state index contributed by atoms with van der Waals surface area (Å²) < 4.78 is 8.10. The first-order chi connectivity index (χ1) is 14.7. The molecular formula is C23H25ClN4O2. The third-order valence-corrected chi connectivity index (χ3v) is 5.51. The van der Waals surface area contributed by atoms with Crippen LogP contribution in [-0.2, 0) is 26.0 Å². The summed E-state index contributed by atoms with van der Waals surface area (Å²) in [6, 6.07) is 14.7. The lowest BCUT2D eigenvalue weighted by Gasteiger charge is -2.12. The Hall–Kier alpha value is -2.86. The van der Waals surface area contributed by atoms with E-state index in [4.69, 9.17) is 16.3 Å². The van der Waals surface area contributed by atoms with Crippen LogP contribution in [0.4, 0.5) is 0 Å². The fourth-order valence-electron chi connectivity index (χ4n) is 3.64. The van der Waals surface area contributed by atoms with Gasteiger partial charge in [0.25, 0.3) is 5.91 Å². The zero-order valence-corrected chi connectivity index (χ0v) is 17.6. The van der Waals surface area contributed by atoms with Crippen LogP contribution in [0.15, 0.2) is 48.5 Å². The molecule has 0 spiro atoms. The van der Waals surface area contributed by atoms with Crippen molar-refractivity contribution in [1.29, 1.82) is 0 Å². The molecular weight excluding hydrogens is 400 g/mol. The van der Waals surface area contributed by atoms with Crippen LogP contribution in [-0.4, -0.2) is 27.2 Å². The predicted octanol–water partition coefficient (Wildman–Crippen LogP) is 4.21. The Labute approximate surface area is 181 Å². The van der Waals surface area contributed by atoms with Crippen molar-refractivity contribution in [2.75, 3.05) is 6.54 Å². The van der Waals surface area contributed by atoms with E-state index in [9.17, 15) is 4.79 Å². The molecule has 156 valence electrons. The number of rotatable bonds is 7. The molecule has 3 aromatic rings. The molecule has 0 bridgehead atoms. The molecule has 0 unspecified atom stereocenters. The Morgan fingerprint density at radius 3 is 2.77 bits per heavy atom. The highest BCUT2D eigenvalue weighted by atomic mass is 35.5. The van der Waals surface area contributed by atoms with Gasteiger partial charge in [0.2, 0.25) is 0 Å². The van der Waals surface area contributed by atoms with Gasteiger partial charge in [0.05, 0.1) is 5.56 Å². The molecule has 1 aliphatic heterocycles. The Balaban J connectivity index is 1.35. The number of carbonyl (C=O) groups is 1. The molecule has 0 radical (unpaired) electrons. The number of carbonyl (C=O) groups excluding carboxylic acids is 1. The van der Waals surface area contributed by atoms with Crippen LogP contribution < -0.4 is 10.1 Å². The maximum atomic E-state index is 12.7. The van der Waals surface area contributed by atoms with Crippen LogP contribution in [0.25, 0.3) is 0 Å². The summed E-state index contributed by atoms with van der Waals surface area (Å²) in [4.78, 5) is 12.7. The van der Waals surface area contributed by atoms with E-state index >= 15 is 0 Å². The lowest BCUT2D eigenvalue weighted by atomic mass is 10.2. The Morgan fingerprint density at radius 2 is 1.90 bits per heavy atom. The van der Waals surface area contributed by atoms with Gasteiger partial charge in [-0.1, -0.05) is 42.3 Å². The number of benzene rings is 2. The summed E-state index contributed by atoms with van der Waals surface area (Å²) >= 11 is 5.92. The second kappa shape index (κ2) is 9.76. The normalized spacial score (nSPS) is 13.4. The smallest absolute Gasteiger partial charge is 0.255 e. The number of amides is 1. The molecule has 30 heavy (non-hydrogen) atoms. The Morgan fingerprint density at radius 1 is 1.07 bits per heavy atom. The maximum Gasteiger partial charge on any atom is 0.255 e. The van der Waals surface area contributed by atoms with E-state index in [1.165, 1.54) is 12.8 Å². The van der Waals surface area contributed by atoms with Gasteiger partial charge in [0.1, 0.15) is 24.0 Å². The lowest BCUT2D eigenvalue weighted by Crippen LogP contribution is -2.27. The van der Waals surface area contributed by atoms with Gasteiger partial charge >= 0.3 is 0 Å². The van der Waals surface area contributed by atoms with Gasteiger partial charge in [-0.15, -0.1) is 10.2 Å². The maximum absolute atomic E-state index is 12.7. The quantitative estimate of drug-likeness (QED) is 0.616. The van der Waals surface area contributed by atoms with Gasteiger partial charge in [-0.25, -0.2) is 0 Å². The molecule has 1 aliphatic rings. The average Bonchev–Trinajstić information content (AvgIpc) is 2.99. The number of nitrogens with zero attached hydrogens (tertiary/aromatic N) is 3. The van der Waals surface area contributed by atoms with Crippen molar-refractivity contribution in [2.45, 2.75) is 45.3 Å². The number of hydrogen-bond donors (Lipinski definition) is 1. The minimum Gasteiger partial charge on any atom is -0.488 e. The number of ether oxygens (including phenoxy) is 1. The van der Waals surface area contributed by atoms with E-state index in [2.05, 4.69) is 20.1 Å². The molecule has 2 heterocycles. The number of hydrogen-bond acceptors (Lipinski definition) is 4. The Bertz CT molecular complexity index is 1000. The first kappa shape index (κ1) is 20.4. The Kier molecular flexibility index (Phi) is 6.64. The minimum absolute atomic E-state index is 0.155. The summed E-state index contributed by atoms with van der Waals surface area (Å²) in [6.07, 6.45) is 5.20. The van der Waals surface area contributed by atoms with Crippen LogP contribution in [0, 0.1) is 0 Å². The molecule has 4 rings (SSSR count). The summed E-state index contributed by atoms with van der Waals surface area (Å²) in [5, 5.41) is 12.3. The van der Waals surface area contributed by atoms with Gasteiger partial charge in [-0.05, 0) is 42.7 Å². The molecule has 0 saturated heterocycles. The molecule has 0 saturated carbocycles. The van der Waals surface area contributed by atoms with Gasteiger partial charge in [0, 0.05) is 31.0 Å². The topological polar surface area (TPSA) is 69.0 Å². The fourth-order valence-corrected chi connectivity index (χ4v) is 3.76. The highest BCUT2D eigenvalue weighted by Gasteiger charge is 2.16. The third kappa shape index (κ3) is 5.00. The van der Waals surface area contributed by atoms with Crippen LogP contribution in [0.2, 0.25) is 5.02 Å². The lowest BCUT2D eigenvalue weighted by molar-refractivity contribution is 0.0949. The molecule has 6 nitrogen and oxygen atoms in total. The fraction of sp³-hybridized carbons (Fsp3) is 0.348. The second-order valence-corrected chi connectivity index (χ2v) is 7.85. The number of fused-ring (bicyclic) bond motifs is 1. The van der Waals surface area contributed by atoms with Crippen molar-refractivity contribution < 1.29 is 9.53 Å². The van der Waals surface area contributed by atoms with Crippen molar-refractivity contribution in [2.24, 2.45) is 0 Å². The van der Waals surface area contributed by atoms with Gasteiger partial charge in [-0.2, -0.15) is 0 Å². The third-order valence-electron chi connectivity index (χ3n) is 5.26. The SMILES string of the molecule is O=C(NCCc1nnc2n1CCCCC2)c1ccccc1OCc1ccc(Cl)cc1. The van der Waals surface area contributed by atoms with E-state index < -0.39 is 0 Å². The first-order valence-corrected chi connectivity index (χ1v) is 10.7.